The maximum absolute atomic E-state index is 10.7. The summed E-state index contributed by atoms with van der Waals surface area (Å²) in [4.78, 5) is 26.7. The number of hydroxylamine groups is 2. The van der Waals surface area contributed by atoms with Crippen LogP contribution in [-0.2, 0) is 19.2 Å². The van der Waals surface area contributed by atoms with Crippen molar-refractivity contribution < 1.29 is 24.3 Å². The summed E-state index contributed by atoms with van der Waals surface area (Å²) in [7, 11) is 0. The molecule has 0 spiro atoms. The number of carbonyl (C=O) groups is 2. The van der Waals surface area contributed by atoms with E-state index in [1.165, 1.54) is 6.42 Å². The Kier molecular flexibility index (Phi) is 9.19. The van der Waals surface area contributed by atoms with Gasteiger partial charge >= 0.3 is 5.97 Å². The van der Waals surface area contributed by atoms with Gasteiger partial charge in [0.2, 0.25) is 0 Å². The third-order valence-corrected chi connectivity index (χ3v) is 3.37. The topological polar surface area (TPSA) is 76.1 Å². The number of carbonyl (C=O) groups excluding carboxylic acids is 1. The molecule has 0 aromatic carbocycles. The monoisotopic (exact) mass is 287 g/mol. The van der Waals surface area contributed by atoms with Gasteiger partial charge in [0, 0.05) is 26.1 Å². The molecule has 1 aliphatic rings. The summed E-state index contributed by atoms with van der Waals surface area (Å²) >= 11 is 0. The molecule has 6 heteroatoms. The molecule has 0 aromatic heterocycles. The SMILES string of the molecule is O=CCC(CCOCCC(=O)O)CON1CCCCC1. The Bertz CT molecular complexity index is 279. The van der Waals surface area contributed by atoms with Crippen molar-refractivity contribution in [3.05, 3.63) is 0 Å². The van der Waals surface area contributed by atoms with Crippen molar-refractivity contribution in [3.8, 4) is 0 Å². The molecule has 1 rings (SSSR count). The Morgan fingerprint density at radius 2 is 2.00 bits per heavy atom. The summed E-state index contributed by atoms with van der Waals surface area (Å²) in [6.07, 6.45) is 5.68. The zero-order chi connectivity index (χ0) is 14.6. The Morgan fingerprint density at radius 1 is 1.25 bits per heavy atom. The number of carboxylic acid groups (broad SMARTS) is 1. The van der Waals surface area contributed by atoms with Crippen LogP contribution in [0.1, 0.15) is 38.5 Å². The summed E-state index contributed by atoms with van der Waals surface area (Å²) in [6, 6.07) is 0. The first kappa shape index (κ1) is 17.1. The molecular formula is C14H25NO5. The van der Waals surface area contributed by atoms with Gasteiger partial charge in [-0.15, -0.1) is 0 Å². The summed E-state index contributed by atoms with van der Waals surface area (Å²) in [6.45, 7) is 3.14. The molecule has 0 aromatic rings. The summed E-state index contributed by atoms with van der Waals surface area (Å²) in [5.74, 6) is -0.720. The maximum atomic E-state index is 10.7. The average molecular weight is 287 g/mol. The molecular weight excluding hydrogens is 262 g/mol. The molecule has 1 heterocycles. The number of aliphatic carboxylic acids is 1. The van der Waals surface area contributed by atoms with Gasteiger partial charge in [-0.05, 0) is 25.2 Å². The molecule has 1 N–H and O–H groups in total. The first-order valence-electron chi connectivity index (χ1n) is 7.33. The van der Waals surface area contributed by atoms with Gasteiger partial charge in [0.15, 0.2) is 0 Å². The third-order valence-electron chi connectivity index (χ3n) is 3.37. The number of rotatable bonds is 11. The summed E-state index contributed by atoms with van der Waals surface area (Å²) in [5.41, 5.74) is 0. The van der Waals surface area contributed by atoms with Gasteiger partial charge in [0.25, 0.3) is 0 Å². The van der Waals surface area contributed by atoms with E-state index in [0.29, 0.717) is 26.1 Å². The number of nitrogens with zero attached hydrogens (tertiary/aromatic N) is 1. The van der Waals surface area contributed by atoms with Crippen LogP contribution in [-0.4, -0.2) is 55.3 Å². The Labute approximate surface area is 120 Å². The van der Waals surface area contributed by atoms with Gasteiger partial charge in [-0.25, -0.2) is 0 Å². The van der Waals surface area contributed by atoms with Gasteiger partial charge in [-0.1, -0.05) is 6.42 Å². The molecule has 116 valence electrons. The minimum absolute atomic E-state index is 0.0165. The van der Waals surface area contributed by atoms with Gasteiger partial charge in [-0.3, -0.25) is 9.63 Å². The fraction of sp³-hybridized carbons (Fsp3) is 0.857. The van der Waals surface area contributed by atoms with Gasteiger partial charge in [0.1, 0.15) is 6.29 Å². The molecule has 1 atom stereocenters. The van der Waals surface area contributed by atoms with Crippen LogP contribution >= 0.6 is 0 Å². The van der Waals surface area contributed by atoms with Crippen molar-refractivity contribution >= 4 is 12.3 Å². The highest BCUT2D eigenvalue weighted by Crippen LogP contribution is 2.13. The van der Waals surface area contributed by atoms with Gasteiger partial charge < -0.3 is 14.6 Å². The van der Waals surface area contributed by atoms with E-state index in [1.54, 1.807) is 0 Å². The van der Waals surface area contributed by atoms with E-state index in [9.17, 15) is 9.59 Å². The second kappa shape index (κ2) is 10.8. The van der Waals surface area contributed by atoms with Crippen LogP contribution < -0.4 is 0 Å². The molecule has 1 unspecified atom stereocenters. The number of aldehydes is 1. The lowest BCUT2D eigenvalue weighted by molar-refractivity contribution is -0.179. The number of hydrogen-bond acceptors (Lipinski definition) is 5. The minimum atomic E-state index is -0.858. The van der Waals surface area contributed by atoms with E-state index in [4.69, 9.17) is 14.7 Å². The predicted molar refractivity (Wildman–Crippen MR) is 73.2 cm³/mol. The number of ether oxygens (including phenoxy) is 1. The van der Waals surface area contributed by atoms with Crippen molar-refractivity contribution in [2.45, 2.75) is 38.5 Å². The normalized spacial score (nSPS) is 17.8. The lowest BCUT2D eigenvalue weighted by Gasteiger charge is -2.27. The molecule has 0 saturated carbocycles. The van der Waals surface area contributed by atoms with Gasteiger partial charge in [-0.2, -0.15) is 5.06 Å². The maximum Gasteiger partial charge on any atom is 0.305 e. The standard InChI is InChI=1S/C14H25NO5/c16-9-4-13(5-10-19-11-6-14(17)18)12-20-15-7-2-1-3-8-15/h9,13H,1-8,10-12H2,(H,17,18). The van der Waals surface area contributed by atoms with Crippen molar-refractivity contribution in [2.24, 2.45) is 5.92 Å². The van der Waals surface area contributed by atoms with E-state index < -0.39 is 5.97 Å². The van der Waals surface area contributed by atoms with E-state index in [-0.39, 0.29) is 18.9 Å². The fourth-order valence-electron chi connectivity index (χ4n) is 2.12. The molecule has 0 bridgehead atoms. The third kappa shape index (κ3) is 8.24. The number of piperidine rings is 1. The summed E-state index contributed by atoms with van der Waals surface area (Å²) in [5, 5.41) is 10.5. The number of hydrogen-bond donors (Lipinski definition) is 1. The second-order valence-electron chi connectivity index (χ2n) is 5.10. The van der Waals surface area contributed by atoms with Crippen molar-refractivity contribution in [2.75, 3.05) is 32.9 Å². The number of carboxylic acids is 1. The van der Waals surface area contributed by atoms with Crippen LogP contribution in [0, 0.1) is 5.92 Å². The predicted octanol–water partition coefficient (Wildman–Crippen LogP) is 1.49. The Hall–Kier alpha value is -0.980. The lowest BCUT2D eigenvalue weighted by Crippen LogP contribution is -2.32. The van der Waals surface area contributed by atoms with Crippen LogP contribution in [0.2, 0.25) is 0 Å². The quantitative estimate of drug-likeness (QED) is 0.458. The zero-order valence-corrected chi connectivity index (χ0v) is 12.0. The van der Waals surface area contributed by atoms with Crippen LogP contribution in [0.4, 0.5) is 0 Å². The Balaban J connectivity index is 2.11. The van der Waals surface area contributed by atoms with E-state index in [0.717, 1.165) is 32.2 Å². The second-order valence-corrected chi connectivity index (χ2v) is 5.10. The highest BCUT2D eigenvalue weighted by molar-refractivity contribution is 5.66. The highest BCUT2D eigenvalue weighted by atomic mass is 16.7. The molecule has 1 saturated heterocycles. The largest absolute Gasteiger partial charge is 0.481 e. The molecule has 1 aliphatic heterocycles. The smallest absolute Gasteiger partial charge is 0.305 e. The van der Waals surface area contributed by atoms with Crippen LogP contribution in [0.25, 0.3) is 0 Å². The molecule has 20 heavy (non-hydrogen) atoms. The lowest BCUT2D eigenvalue weighted by atomic mass is 10.0. The average Bonchev–Trinajstić information content (AvgIpc) is 2.45. The molecule has 0 aliphatic carbocycles. The van der Waals surface area contributed by atoms with Crippen molar-refractivity contribution in [1.82, 2.24) is 5.06 Å². The molecule has 0 amide bonds. The minimum Gasteiger partial charge on any atom is -0.481 e. The van der Waals surface area contributed by atoms with Crippen LogP contribution in [0.15, 0.2) is 0 Å². The van der Waals surface area contributed by atoms with E-state index >= 15 is 0 Å². The summed E-state index contributed by atoms with van der Waals surface area (Å²) < 4.78 is 5.25. The van der Waals surface area contributed by atoms with Crippen molar-refractivity contribution in [1.29, 1.82) is 0 Å². The first-order chi connectivity index (χ1) is 9.72. The van der Waals surface area contributed by atoms with Crippen LogP contribution in [0.3, 0.4) is 0 Å². The fourth-order valence-corrected chi connectivity index (χ4v) is 2.12. The Morgan fingerprint density at radius 3 is 2.65 bits per heavy atom. The van der Waals surface area contributed by atoms with Crippen LogP contribution in [0.5, 0.6) is 0 Å². The molecule has 1 fully saturated rings. The van der Waals surface area contributed by atoms with E-state index in [1.807, 2.05) is 5.06 Å². The first-order valence-corrected chi connectivity index (χ1v) is 7.33. The zero-order valence-electron chi connectivity index (χ0n) is 12.0. The molecule has 6 nitrogen and oxygen atoms in total. The highest BCUT2D eigenvalue weighted by Gasteiger charge is 2.14. The van der Waals surface area contributed by atoms with E-state index in [2.05, 4.69) is 0 Å². The van der Waals surface area contributed by atoms with Crippen molar-refractivity contribution in [3.63, 3.8) is 0 Å². The molecule has 0 radical (unpaired) electrons. The van der Waals surface area contributed by atoms with Gasteiger partial charge in [0.05, 0.1) is 19.6 Å².